The molecular weight excluding hydrogens is 260 g/mol. The number of aliphatic hydroxyl groups excluding tert-OH is 2. The molecule has 1 aliphatic rings. The van der Waals surface area contributed by atoms with E-state index in [1.165, 1.54) is 24.8 Å². The molecular formula is C19H28O2. The zero-order chi connectivity index (χ0) is 14.9. The minimum atomic E-state index is -0.327. The first-order chi connectivity index (χ1) is 10.3. The smallest absolute Gasteiger partial charge is 0.0749 e. The van der Waals surface area contributed by atoms with Gasteiger partial charge in [0.1, 0.15) is 0 Å². The molecule has 0 aliphatic heterocycles. The number of rotatable bonds is 7. The van der Waals surface area contributed by atoms with E-state index in [1.807, 2.05) is 30.4 Å². The van der Waals surface area contributed by atoms with Crippen molar-refractivity contribution in [3.8, 4) is 0 Å². The zero-order valence-corrected chi connectivity index (χ0v) is 12.8. The average Bonchev–Trinajstić information content (AvgIpc) is 2.54. The van der Waals surface area contributed by atoms with E-state index in [4.69, 9.17) is 0 Å². The van der Waals surface area contributed by atoms with Crippen LogP contribution in [-0.4, -0.2) is 22.4 Å². The monoisotopic (exact) mass is 288 g/mol. The third-order valence-corrected chi connectivity index (χ3v) is 4.48. The summed E-state index contributed by atoms with van der Waals surface area (Å²) in [6.07, 6.45) is 11.6. The van der Waals surface area contributed by atoms with Gasteiger partial charge in [-0.15, -0.1) is 0 Å². The maximum Gasteiger partial charge on any atom is 0.0749 e. The second kappa shape index (κ2) is 9.01. The number of hydrogen-bond donors (Lipinski definition) is 2. The Labute approximate surface area is 128 Å². The predicted octanol–water partition coefficient (Wildman–Crippen LogP) is 3.87. The van der Waals surface area contributed by atoms with E-state index < -0.39 is 0 Å². The molecule has 0 aromatic heterocycles. The molecule has 116 valence electrons. The van der Waals surface area contributed by atoms with Crippen molar-refractivity contribution in [3.05, 3.63) is 48.0 Å². The van der Waals surface area contributed by atoms with Crippen LogP contribution in [0.1, 0.15) is 50.5 Å². The third-order valence-electron chi connectivity index (χ3n) is 4.48. The standard InChI is InChI=1S/C19H28O2/c20-18(15-14-16-8-3-1-4-9-16)12-7-13-19(21)17-10-5-2-6-11-17/h1,3-4,7-9,13,17-21H,2,5-6,10-12,14-15H2/b13-7+/t18-,19-/m0/s1. The van der Waals surface area contributed by atoms with Crippen LogP contribution in [0.25, 0.3) is 0 Å². The minimum Gasteiger partial charge on any atom is -0.393 e. The summed E-state index contributed by atoms with van der Waals surface area (Å²) in [7, 11) is 0. The molecule has 1 aliphatic carbocycles. The molecule has 2 heteroatoms. The highest BCUT2D eigenvalue weighted by Gasteiger charge is 2.19. The van der Waals surface area contributed by atoms with Crippen molar-refractivity contribution in [1.29, 1.82) is 0 Å². The van der Waals surface area contributed by atoms with E-state index in [1.54, 1.807) is 0 Å². The lowest BCUT2D eigenvalue weighted by Gasteiger charge is -2.24. The fourth-order valence-corrected chi connectivity index (χ4v) is 3.10. The molecule has 0 heterocycles. The second-order valence-corrected chi connectivity index (χ2v) is 6.23. The number of aliphatic hydroxyl groups is 2. The molecule has 1 aromatic carbocycles. The van der Waals surface area contributed by atoms with Gasteiger partial charge < -0.3 is 10.2 Å². The normalized spacial score (nSPS) is 19.7. The minimum absolute atomic E-state index is 0.319. The predicted molar refractivity (Wildman–Crippen MR) is 87.1 cm³/mol. The molecule has 2 N–H and O–H groups in total. The van der Waals surface area contributed by atoms with Crippen molar-refractivity contribution in [1.82, 2.24) is 0 Å². The summed E-state index contributed by atoms with van der Waals surface area (Å²) in [5, 5.41) is 20.1. The highest BCUT2D eigenvalue weighted by Crippen LogP contribution is 2.27. The van der Waals surface area contributed by atoms with Gasteiger partial charge in [0.2, 0.25) is 0 Å². The highest BCUT2D eigenvalue weighted by molar-refractivity contribution is 5.14. The summed E-state index contributed by atoms with van der Waals surface area (Å²) in [4.78, 5) is 0. The maximum absolute atomic E-state index is 10.1. The Hall–Kier alpha value is -1.12. The van der Waals surface area contributed by atoms with E-state index in [0.29, 0.717) is 12.3 Å². The average molecular weight is 288 g/mol. The van der Waals surface area contributed by atoms with Crippen LogP contribution in [0.15, 0.2) is 42.5 Å². The van der Waals surface area contributed by atoms with Crippen molar-refractivity contribution in [2.45, 2.75) is 63.6 Å². The van der Waals surface area contributed by atoms with Gasteiger partial charge in [-0.2, -0.15) is 0 Å². The molecule has 2 nitrogen and oxygen atoms in total. The summed E-state index contributed by atoms with van der Waals surface area (Å²) in [6.45, 7) is 0. The molecule has 0 radical (unpaired) electrons. The van der Waals surface area contributed by atoms with Crippen molar-refractivity contribution < 1.29 is 10.2 Å². The van der Waals surface area contributed by atoms with Crippen LogP contribution in [0.2, 0.25) is 0 Å². The second-order valence-electron chi connectivity index (χ2n) is 6.23. The van der Waals surface area contributed by atoms with E-state index >= 15 is 0 Å². The maximum atomic E-state index is 10.1. The van der Waals surface area contributed by atoms with E-state index in [0.717, 1.165) is 25.7 Å². The van der Waals surface area contributed by atoms with Crippen LogP contribution in [0, 0.1) is 5.92 Å². The van der Waals surface area contributed by atoms with Crippen LogP contribution in [0.4, 0.5) is 0 Å². The highest BCUT2D eigenvalue weighted by atomic mass is 16.3. The van der Waals surface area contributed by atoms with Crippen molar-refractivity contribution >= 4 is 0 Å². The number of aryl methyl sites for hydroxylation is 1. The molecule has 1 aromatic rings. The molecule has 1 saturated carbocycles. The zero-order valence-electron chi connectivity index (χ0n) is 12.8. The van der Waals surface area contributed by atoms with Gasteiger partial charge >= 0.3 is 0 Å². The van der Waals surface area contributed by atoms with Gasteiger partial charge in [0.05, 0.1) is 12.2 Å². The molecule has 0 amide bonds. The largest absolute Gasteiger partial charge is 0.393 e. The first-order valence-electron chi connectivity index (χ1n) is 8.32. The van der Waals surface area contributed by atoms with E-state index in [9.17, 15) is 10.2 Å². The Morgan fingerprint density at radius 3 is 2.48 bits per heavy atom. The summed E-state index contributed by atoms with van der Waals surface area (Å²) < 4.78 is 0. The first kappa shape index (κ1) is 16.3. The van der Waals surface area contributed by atoms with Gasteiger partial charge in [-0.05, 0) is 43.6 Å². The SMILES string of the molecule is O[C@@H](C/C=C/[C@H](O)C1CCCCC1)CCc1ccccc1. The molecule has 0 unspecified atom stereocenters. The van der Waals surface area contributed by atoms with Crippen LogP contribution in [0.5, 0.6) is 0 Å². The molecule has 21 heavy (non-hydrogen) atoms. The van der Waals surface area contributed by atoms with Crippen molar-refractivity contribution in [3.63, 3.8) is 0 Å². The Kier molecular flexibility index (Phi) is 6.98. The van der Waals surface area contributed by atoms with Crippen LogP contribution in [-0.2, 0) is 6.42 Å². The number of hydrogen-bond acceptors (Lipinski definition) is 2. The summed E-state index contributed by atoms with van der Waals surface area (Å²) in [5.74, 6) is 0.427. The fraction of sp³-hybridized carbons (Fsp3) is 0.579. The van der Waals surface area contributed by atoms with Crippen LogP contribution < -0.4 is 0 Å². The molecule has 0 bridgehead atoms. The molecule has 0 saturated heterocycles. The molecule has 1 fully saturated rings. The molecule has 2 rings (SSSR count). The lowest BCUT2D eigenvalue weighted by Crippen LogP contribution is -2.20. The van der Waals surface area contributed by atoms with Crippen molar-refractivity contribution in [2.24, 2.45) is 5.92 Å². The summed E-state index contributed by atoms with van der Waals surface area (Å²) in [6, 6.07) is 10.3. The Morgan fingerprint density at radius 2 is 1.76 bits per heavy atom. The Balaban J connectivity index is 1.65. The topological polar surface area (TPSA) is 40.5 Å². The van der Waals surface area contributed by atoms with Gasteiger partial charge in [0.25, 0.3) is 0 Å². The van der Waals surface area contributed by atoms with E-state index in [2.05, 4.69) is 12.1 Å². The van der Waals surface area contributed by atoms with Gasteiger partial charge in [0.15, 0.2) is 0 Å². The van der Waals surface area contributed by atoms with Gasteiger partial charge in [0, 0.05) is 0 Å². The van der Waals surface area contributed by atoms with Gasteiger partial charge in [-0.1, -0.05) is 61.7 Å². The molecule has 2 atom stereocenters. The summed E-state index contributed by atoms with van der Waals surface area (Å²) >= 11 is 0. The fourth-order valence-electron chi connectivity index (χ4n) is 3.10. The lowest BCUT2D eigenvalue weighted by molar-refractivity contribution is 0.124. The van der Waals surface area contributed by atoms with Crippen LogP contribution in [0.3, 0.4) is 0 Å². The van der Waals surface area contributed by atoms with E-state index in [-0.39, 0.29) is 12.2 Å². The van der Waals surface area contributed by atoms with Gasteiger partial charge in [-0.3, -0.25) is 0 Å². The first-order valence-corrected chi connectivity index (χ1v) is 8.32. The van der Waals surface area contributed by atoms with Gasteiger partial charge in [-0.25, -0.2) is 0 Å². The third kappa shape index (κ3) is 6.03. The Bertz CT molecular complexity index is 407. The Morgan fingerprint density at radius 1 is 1.05 bits per heavy atom. The van der Waals surface area contributed by atoms with Crippen LogP contribution >= 0.6 is 0 Å². The molecule has 0 spiro atoms. The summed E-state index contributed by atoms with van der Waals surface area (Å²) in [5.41, 5.74) is 1.27. The number of benzene rings is 1. The lowest BCUT2D eigenvalue weighted by atomic mass is 9.85. The van der Waals surface area contributed by atoms with Crippen molar-refractivity contribution in [2.75, 3.05) is 0 Å². The quantitative estimate of drug-likeness (QED) is 0.748.